The van der Waals surface area contributed by atoms with Crippen LogP contribution in [0.2, 0.25) is 0 Å². The molecule has 3 heteroatoms. The number of ether oxygens (including phenoxy) is 1. The third-order valence-corrected chi connectivity index (χ3v) is 2.62. The standard InChI is InChI=1S/C13H20FNO/c1-4-13(14,9-15)11-7-5-6-8-12(11)16-10(2)3/h5-8,10H,4,9,15H2,1-3H3. The van der Waals surface area contributed by atoms with Crippen molar-refractivity contribution in [2.75, 3.05) is 6.54 Å². The molecule has 90 valence electrons. The molecule has 0 bridgehead atoms. The number of benzene rings is 1. The van der Waals surface area contributed by atoms with Gasteiger partial charge in [0.05, 0.1) is 6.10 Å². The zero-order valence-electron chi connectivity index (χ0n) is 10.2. The van der Waals surface area contributed by atoms with Crippen LogP contribution < -0.4 is 10.5 Å². The summed E-state index contributed by atoms with van der Waals surface area (Å²) in [5, 5.41) is 0. The first-order valence-electron chi connectivity index (χ1n) is 5.68. The summed E-state index contributed by atoms with van der Waals surface area (Å²) in [7, 11) is 0. The molecule has 2 N–H and O–H groups in total. The van der Waals surface area contributed by atoms with Crippen LogP contribution in [0.15, 0.2) is 24.3 Å². The van der Waals surface area contributed by atoms with E-state index in [9.17, 15) is 4.39 Å². The summed E-state index contributed by atoms with van der Waals surface area (Å²) in [5.41, 5.74) is 4.57. The van der Waals surface area contributed by atoms with Crippen LogP contribution in [0.3, 0.4) is 0 Å². The molecular weight excluding hydrogens is 205 g/mol. The topological polar surface area (TPSA) is 35.2 Å². The van der Waals surface area contributed by atoms with Crippen LogP contribution in [0.25, 0.3) is 0 Å². The van der Waals surface area contributed by atoms with Gasteiger partial charge in [0.2, 0.25) is 0 Å². The molecule has 0 saturated carbocycles. The number of rotatable bonds is 5. The Morgan fingerprint density at radius 1 is 1.38 bits per heavy atom. The molecule has 0 aromatic heterocycles. The second-order valence-electron chi connectivity index (χ2n) is 4.19. The van der Waals surface area contributed by atoms with E-state index in [0.717, 1.165) is 0 Å². The first-order chi connectivity index (χ1) is 7.53. The van der Waals surface area contributed by atoms with Crippen molar-refractivity contribution >= 4 is 0 Å². The Hall–Kier alpha value is -1.09. The maximum absolute atomic E-state index is 14.5. The summed E-state index contributed by atoms with van der Waals surface area (Å²) in [6.45, 7) is 5.61. The molecule has 0 spiro atoms. The summed E-state index contributed by atoms with van der Waals surface area (Å²) in [4.78, 5) is 0. The third kappa shape index (κ3) is 2.73. The van der Waals surface area contributed by atoms with Gasteiger partial charge in [0.15, 0.2) is 5.67 Å². The van der Waals surface area contributed by atoms with Crippen molar-refractivity contribution in [2.24, 2.45) is 5.73 Å². The minimum Gasteiger partial charge on any atom is -0.491 e. The number of halogens is 1. The Morgan fingerprint density at radius 3 is 2.50 bits per heavy atom. The van der Waals surface area contributed by atoms with Crippen LogP contribution in [-0.4, -0.2) is 12.6 Å². The number of hydrogen-bond donors (Lipinski definition) is 1. The fourth-order valence-electron chi connectivity index (χ4n) is 1.64. The van der Waals surface area contributed by atoms with Crippen LogP contribution in [0.1, 0.15) is 32.8 Å². The predicted molar refractivity (Wildman–Crippen MR) is 64.3 cm³/mol. The van der Waals surface area contributed by atoms with Crippen molar-refractivity contribution in [3.05, 3.63) is 29.8 Å². The van der Waals surface area contributed by atoms with Crippen molar-refractivity contribution in [1.82, 2.24) is 0 Å². The first kappa shape index (κ1) is 13.0. The number of para-hydroxylation sites is 1. The summed E-state index contributed by atoms with van der Waals surface area (Å²) in [6.07, 6.45) is 0.377. The van der Waals surface area contributed by atoms with E-state index in [1.54, 1.807) is 19.1 Å². The van der Waals surface area contributed by atoms with E-state index in [2.05, 4.69) is 0 Å². The summed E-state index contributed by atoms with van der Waals surface area (Å²) < 4.78 is 20.1. The van der Waals surface area contributed by atoms with Gasteiger partial charge in [0.1, 0.15) is 5.75 Å². The van der Waals surface area contributed by atoms with Crippen LogP contribution >= 0.6 is 0 Å². The molecule has 1 unspecified atom stereocenters. The van der Waals surface area contributed by atoms with E-state index in [0.29, 0.717) is 17.7 Å². The van der Waals surface area contributed by atoms with Crippen LogP contribution in [0.5, 0.6) is 5.75 Å². The minimum atomic E-state index is -1.49. The summed E-state index contributed by atoms with van der Waals surface area (Å²) in [6, 6.07) is 7.18. The summed E-state index contributed by atoms with van der Waals surface area (Å²) in [5.74, 6) is 0.590. The van der Waals surface area contributed by atoms with Gasteiger partial charge in [-0.3, -0.25) is 0 Å². The molecule has 1 atom stereocenters. The van der Waals surface area contributed by atoms with Crippen molar-refractivity contribution in [2.45, 2.75) is 39.0 Å². The highest BCUT2D eigenvalue weighted by atomic mass is 19.1. The predicted octanol–water partition coefficient (Wildman–Crippen LogP) is 3.01. The lowest BCUT2D eigenvalue weighted by atomic mass is 9.92. The Labute approximate surface area is 96.6 Å². The largest absolute Gasteiger partial charge is 0.491 e. The summed E-state index contributed by atoms with van der Waals surface area (Å²) >= 11 is 0. The van der Waals surface area contributed by atoms with Gasteiger partial charge in [-0.2, -0.15) is 0 Å². The SMILES string of the molecule is CCC(F)(CN)c1ccccc1OC(C)C. The molecule has 0 amide bonds. The maximum atomic E-state index is 14.5. The molecule has 0 aliphatic heterocycles. The fourth-order valence-corrected chi connectivity index (χ4v) is 1.64. The van der Waals surface area contributed by atoms with E-state index in [-0.39, 0.29) is 12.6 Å². The van der Waals surface area contributed by atoms with E-state index in [4.69, 9.17) is 10.5 Å². The Morgan fingerprint density at radius 2 is 2.00 bits per heavy atom. The fraction of sp³-hybridized carbons (Fsp3) is 0.538. The van der Waals surface area contributed by atoms with E-state index < -0.39 is 5.67 Å². The maximum Gasteiger partial charge on any atom is 0.151 e. The molecule has 1 aromatic carbocycles. The molecule has 0 aliphatic rings. The van der Waals surface area contributed by atoms with Crippen molar-refractivity contribution in [1.29, 1.82) is 0 Å². The van der Waals surface area contributed by atoms with Gasteiger partial charge in [0, 0.05) is 12.1 Å². The van der Waals surface area contributed by atoms with Crippen LogP contribution in [0.4, 0.5) is 4.39 Å². The van der Waals surface area contributed by atoms with Gasteiger partial charge in [-0.15, -0.1) is 0 Å². The quantitative estimate of drug-likeness (QED) is 0.836. The molecule has 0 fully saturated rings. The van der Waals surface area contributed by atoms with Crippen molar-refractivity contribution in [3.8, 4) is 5.75 Å². The number of alkyl halides is 1. The zero-order chi connectivity index (χ0) is 12.2. The second-order valence-corrected chi connectivity index (χ2v) is 4.19. The zero-order valence-corrected chi connectivity index (χ0v) is 10.2. The highest BCUT2D eigenvalue weighted by molar-refractivity contribution is 5.38. The molecule has 2 nitrogen and oxygen atoms in total. The number of nitrogens with two attached hydrogens (primary N) is 1. The minimum absolute atomic E-state index is 0.0258. The smallest absolute Gasteiger partial charge is 0.151 e. The molecule has 16 heavy (non-hydrogen) atoms. The molecule has 0 aliphatic carbocycles. The Balaban J connectivity index is 3.11. The monoisotopic (exact) mass is 225 g/mol. The molecule has 0 heterocycles. The van der Waals surface area contributed by atoms with Gasteiger partial charge in [-0.25, -0.2) is 4.39 Å². The lowest BCUT2D eigenvalue weighted by Crippen LogP contribution is -2.30. The average Bonchev–Trinajstić information content (AvgIpc) is 2.28. The van der Waals surface area contributed by atoms with Gasteiger partial charge in [-0.1, -0.05) is 25.1 Å². The molecular formula is C13H20FNO. The van der Waals surface area contributed by atoms with Crippen molar-refractivity contribution < 1.29 is 9.13 Å². The second kappa shape index (κ2) is 5.30. The number of hydrogen-bond acceptors (Lipinski definition) is 2. The first-order valence-corrected chi connectivity index (χ1v) is 5.68. The van der Waals surface area contributed by atoms with Crippen LogP contribution in [-0.2, 0) is 5.67 Å². The average molecular weight is 225 g/mol. The lowest BCUT2D eigenvalue weighted by molar-refractivity contribution is 0.154. The van der Waals surface area contributed by atoms with Gasteiger partial charge in [-0.05, 0) is 26.3 Å². The van der Waals surface area contributed by atoms with E-state index >= 15 is 0 Å². The van der Waals surface area contributed by atoms with E-state index in [1.807, 2.05) is 26.0 Å². The molecule has 1 aromatic rings. The highest BCUT2D eigenvalue weighted by Gasteiger charge is 2.31. The van der Waals surface area contributed by atoms with Crippen LogP contribution in [0, 0.1) is 0 Å². The van der Waals surface area contributed by atoms with E-state index in [1.165, 1.54) is 0 Å². The van der Waals surface area contributed by atoms with Crippen molar-refractivity contribution in [3.63, 3.8) is 0 Å². The van der Waals surface area contributed by atoms with Gasteiger partial charge >= 0.3 is 0 Å². The molecule has 0 radical (unpaired) electrons. The van der Waals surface area contributed by atoms with Gasteiger partial charge < -0.3 is 10.5 Å². The normalized spacial score (nSPS) is 14.9. The Bertz CT molecular complexity index is 334. The molecule has 1 rings (SSSR count). The molecule has 0 saturated heterocycles. The Kier molecular flexibility index (Phi) is 4.30. The third-order valence-electron chi connectivity index (χ3n) is 2.62. The lowest BCUT2D eigenvalue weighted by Gasteiger charge is -2.25. The highest BCUT2D eigenvalue weighted by Crippen LogP contribution is 2.35. The van der Waals surface area contributed by atoms with Gasteiger partial charge in [0.25, 0.3) is 0 Å².